The van der Waals surface area contributed by atoms with Gasteiger partial charge in [0.15, 0.2) is 0 Å². The highest BCUT2D eigenvalue weighted by atomic mass is 35.5. The number of amides is 1. The minimum Gasteiger partial charge on any atom is -0.492 e. The van der Waals surface area contributed by atoms with Crippen molar-refractivity contribution in [1.29, 1.82) is 0 Å². The second kappa shape index (κ2) is 13.2. The van der Waals surface area contributed by atoms with E-state index in [1.807, 2.05) is 0 Å². The highest BCUT2D eigenvalue weighted by Gasteiger charge is 2.33. The molecule has 0 aliphatic carbocycles. The molecule has 2 fully saturated rings. The Morgan fingerprint density at radius 3 is 2.31 bits per heavy atom. The largest absolute Gasteiger partial charge is 0.492 e. The molecule has 4 rings (SSSR count). The van der Waals surface area contributed by atoms with Crippen LogP contribution in [-0.4, -0.2) is 83.9 Å². The van der Waals surface area contributed by atoms with Crippen molar-refractivity contribution < 1.29 is 31.1 Å². The third kappa shape index (κ3) is 7.63. The van der Waals surface area contributed by atoms with E-state index in [4.69, 9.17) is 32.7 Å². The van der Waals surface area contributed by atoms with E-state index in [1.165, 1.54) is 20.7 Å². The first-order valence-corrected chi connectivity index (χ1v) is 16.4. The minimum atomic E-state index is -3.72. The summed E-state index contributed by atoms with van der Waals surface area (Å²) in [6.45, 7) is 2.18. The van der Waals surface area contributed by atoms with Crippen LogP contribution in [0.25, 0.3) is 0 Å². The fourth-order valence-electron chi connectivity index (χ4n) is 4.48. The van der Waals surface area contributed by atoms with Crippen LogP contribution < -0.4 is 10.1 Å². The summed E-state index contributed by atoms with van der Waals surface area (Å²) in [6, 6.07) is 11.0. The molecular weight excluding hydrogens is 589 g/mol. The van der Waals surface area contributed by atoms with Crippen LogP contribution in [0.5, 0.6) is 5.75 Å². The Morgan fingerprint density at radius 2 is 1.64 bits per heavy atom. The van der Waals surface area contributed by atoms with E-state index >= 15 is 0 Å². The van der Waals surface area contributed by atoms with Crippen molar-refractivity contribution >= 4 is 49.2 Å². The molecule has 1 atom stereocenters. The number of halogens is 2. The smallest absolute Gasteiger partial charge is 0.243 e. The maximum atomic E-state index is 13.0. The number of nitrogens with zero attached hydrogens (tertiary/aromatic N) is 2. The van der Waals surface area contributed by atoms with Crippen LogP contribution in [-0.2, 0) is 35.3 Å². The lowest BCUT2D eigenvalue weighted by Gasteiger charge is -2.31. The molecule has 10 nitrogen and oxygen atoms in total. The fraction of sp³-hybridized carbons (Fsp3) is 0.480. The fourth-order valence-corrected chi connectivity index (χ4v) is 8.25. The first kappa shape index (κ1) is 30.0. The number of morpholine rings is 1. The Hall–Kier alpha value is -1.93. The molecule has 2 saturated heterocycles. The molecule has 0 radical (unpaired) electrons. The minimum absolute atomic E-state index is 0.0795. The molecule has 2 aromatic rings. The average Bonchev–Trinajstić information content (AvgIpc) is 2.94. The lowest BCUT2D eigenvalue weighted by atomic mass is 9.99. The number of benzene rings is 2. The molecular formula is C25H31Cl2N3O7S2. The third-order valence-electron chi connectivity index (χ3n) is 6.64. The number of piperidine rings is 1. The topological polar surface area (TPSA) is 122 Å². The number of hydrogen-bond donors (Lipinski definition) is 1. The number of hydrogen-bond acceptors (Lipinski definition) is 7. The summed E-state index contributed by atoms with van der Waals surface area (Å²) in [6.07, 6.45) is 1.13. The van der Waals surface area contributed by atoms with Crippen LogP contribution in [0.2, 0.25) is 10.0 Å². The molecule has 214 valence electrons. The zero-order chi connectivity index (χ0) is 28.0. The van der Waals surface area contributed by atoms with Crippen LogP contribution in [0.3, 0.4) is 0 Å². The summed E-state index contributed by atoms with van der Waals surface area (Å²) in [7, 11) is -7.31. The summed E-state index contributed by atoms with van der Waals surface area (Å²) in [5, 5.41) is 3.37. The predicted molar refractivity (Wildman–Crippen MR) is 148 cm³/mol. The van der Waals surface area contributed by atoms with Crippen molar-refractivity contribution in [3.63, 3.8) is 0 Å². The van der Waals surface area contributed by atoms with Crippen molar-refractivity contribution in [2.24, 2.45) is 5.92 Å². The Bertz CT molecular complexity index is 1350. The molecule has 2 aliphatic heterocycles. The van der Waals surface area contributed by atoms with E-state index in [0.29, 0.717) is 57.0 Å². The summed E-state index contributed by atoms with van der Waals surface area (Å²) >= 11 is 12.3. The second-order valence-electron chi connectivity index (χ2n) is 9.28. The highest BCUT2D eigenvalue weighted by molar-refractivity contribution is 7.89. The van der Waals surface area contributed by atoms with Crippen LogP contribution in [0.1, 0.15) is 18.4 Å². The molecule has 39 heavy (non-hydrogen) atoms. The summed E-state index contributed by atoms with van der Waals surface area (Å²) in [5.74, 6) is -0.597. The van der Waals surface area contributed by atoms with Gasteiger partial charge in [-0.3, -0.25) is 4.79 Å². The van der Waals surface area contributed by atoms with Gasteiger partial charge in [0, 0.05) is 41.8 Å². The van der Waals surface area contributed by atoms with E-state index < -0.39 is 26.0 Å². The van der Waals surface area contributed by atoms with Gasteiger partial charge in [-0.15, -0.1) is 0 Å². The molecule has 0 spiro atoms. The van der Waals surface area contributed by atoms with E-state index in [2.05, 4.69) is 5.32 Å². The number of rotatable bonds is 10. The molecule has 1 N–H and O–H groups in total. The number of carbonyl (C=O) groups is 1. The standard InChI is InChI=1S/C25H31Cl2N3O7S2/c26-23-4-1-5-24(27)22(23)18-38(32,33)30-11-2-3-19(17-30)25(31)28-10-14-37-20-6-8-21(9-7-20)39(34,35)29-12-15-36-16-13-29/h1,4-9,19H,2-3,10-18H2,(H,28,31)/t19-/m1/s1. The molecule has 1 amide bonds. The van der Waals surface area contributed by atoms with Crippen molar-refractivity contribution in [3.05, 3.63) is 58.1 Å². The molecule has 0 bridgehead atoms. The second-order valence-corrected chi connectivity index (χ2v) is 14.0. The lowest BCUT2D eigenvalue weighted by Crippen LogP contribution is -2.46. The highest BCUT2D eigenvalue weighted by Crippen LogP contribution is 2.29. The molecule has 14 heteroatoms. The van der Waals surface area contributed by atoms with E-state index in [-0.39, 0.29) is 46.3 Å². The van der Waals surface area contributed by atoms with Gasteiger partial charge in [-0.25, -0.2) is 21.1 Å². The quantitative estimate of drug-likeness (QED) is 0.406. The third-order valence-corrected chi connectivity index (χ3v) is 11.0. The van der Waals surface area contributed by atoms with Crippen molar-refractivity contribution in [2.45, 2.75) is 23.5 Å². The van der Waals surface area contributed by atoms with E-state index in [1.54, 1.807) is 30.3 Å². The van der Waals surface area contributed by atoms with Gasteiger partial charge in [0.05, 0.1) is 36.3 Å². The molecule has 0 aromatic heterocycles. The Balaban J connectivity index is 1.24. The number of nitrogens with one attached hydrogen (secondary N) is 1. The van der Waals surface area contributed by atoms with Crippen molar-refractivity contribution in [2.75, 3.05) is 52.5 Å². The maximum absolute atomic E-state index is 13.0. The Morgan fingerprint density at radius 1 is 0.974 bits per heavy atom. The van der Waals surface area contributed by atoms with Crippen LogP contribution in [0.15, 0.2) is 47.4 Å². The lowest BCUT2D eigenvalue weighted by molar-refractivity contribution is -0.126. The summed E-state index contributed by atoms with van der Waals surface area (Å²) < 4.78 is 65.1. The predicted octanol–water partition coefficient (Wildman–Crippen LogP) is 2.75. The van der Waals surface area contributed by atoms with Gasteiger partial charge in [0.2, 0.25) is 26.0 Å². The molecule has 0 saturated carbocycles. The number of sulfonamides is 2. The Labute approximate surface area is 239 Å². The molecule has 2 aromatic carbocycles. The van der Waals surface area contributed by atoms with Crippen LogP contribution >= 0.6 is 23.2 Å². The van der Waals surface area contributed by atoms with Gasteiger partial charge < -0.3 is 14.8 Å². The van der Waals surface area contributed by atoms with Crippen molar-refractivity contribution in [1.82, 2.24) is 13.9 Å². The Kier molecular flexibility index (Phi) is 10.1. The summed E-state index contributed by atoms with van der Waals surface area (Å²) in [4.78, 5) is 12.9. The first-order chi connectivity index (χ1) is 18.6. The molecule has 2 aliphatic rings. The van der Waals surface area contributed by atoms with Gasteiger partial charge in [-0.2, -0.15) is 4.31 Å². The van der Waals surface area contributed by atoms with Gasteiger partial charge >= 0.3 is 0 Å². The number of carbonyl (C=O) groups excluding carboxylic acids is 1. The first-order valence-electron chi connectivity index (χ1n) is 12.6. The average molecular weight is 621 g/mol. The maximum Gasteiger partial charge on any atom is 0.243 e. The zero-order valence-corrected chi connectivity index (χ0v) is 24.4. The SMILES string of the molecule is O=C(NCCOc1ccc(S(=O)(=O)N2CCOCC2)cc1)[C@@H]1CCCN(S(=O)(=O)Cc2c(Cl)cccc2Cl)C1. The van der Waals surface area contributed by atoms with Gasteiger partial charge in [0.25, 0.3) is 0 Å². The summed E-state index contributed by atoms with van der Waals surface area (Å²) in [5.41, 5.74) is 0.344. The monoisotopic (exact) mass is 619 g/mol. The van der Waals surface area contributed by atoms with E-state index in [9.17, 15) is 21.6 Å². The van der Waals surface area contributed by atoms with Crippen molar-refractivity contribution in [3.8, 4) is 5.75 Å². The molecule has 0 unspecified atom stereocenters. The van der Waals surface area contributed by atoms with Gasteiger partial charge in [-0.1, -0.05) is 29.3 Å². The van der Waals surface area contributed by atoms with Gasteiger partial charge in [0.1, 0.15) is 12.4 Å². The van der Waals surface area contributed by atoms with Crippen LogP contribution in [0.4, 0.5) is 0 Å². The van der Waals surface area contributed by atoms with Gasteiger partial charge in [-0.05, 0) is 49.2 Å². The zero-order valence-electron chi connectivity index (χ0n) is 21.2. The normalized spacial score (nSPS) is 19.5. The van der Waals surface area contributed by atoms with Crippen LogP contribution in [0, 0.1) is 5.92 Å². The van der Waals surface area contributed by atoms with E-state index in [0.717, 1.165) is 0 Å². The molecule has 2 heterocycles. The number of ether oxygens (including phenoxy) is 2.